The lowest BCUT2D eigenvalue weighted by Gasteiger charge is -2.11. The van der Waals surface area contributed by atoms with E-state index >= 15 is 0 Å². The molecule has 0 aliphatic heterocycles. The van der Waals surface area contributed by atoms with Crippen molar-refractivity contribution in [2.75, 3.05) is 0 Å². The van der Waals surface area contributed by atoms with Crippen LogP contribution in [0.15, 0.2) is 12.2 Å². The average Bonchev–Trinajstić information content (AvgIpc) is 2.10. The van der Waals surface area contributed by atoms with Crippen LogP contribution in [0.25, 0.3) is 0 Å². The minimum Gasteiger partial charge on any atom is -0.464 e. The zero-order valence-electron chi connectivity index (χ0n) is 7.95. The SMILES string of the molecule is C/C=C/CC(CCCC)OC=O. The lowest BCUT2D eigenvalue weighted by atomic mass is 10.1. The van der Waals surface area contributed by atoms with Crippen LogP contribution in [0.2, 0.25) is 0 Å². The highest BCUT2D eigenvalue weighted by atomic mass is 16.5. The minimum absolute atomic E-state index is 0.0821. The van der Waals surface area contributed by atoms with Crippen LogP contribution in [-0.2, 0) is 9.53 Å². The number of ether oxygens (including phenoxy) is 1. The van der Waals surface area contributed by atoms with Gasteiger partial charge in [0.15, 0.2) is 0 Å². The van der Waals surface area contributed by atoms with Crippen LogP contribution >= 0.6 is 0 Å². The van der Waals surface area contributed by atoms with E-state index in [-0.39, 0.29) is 6.10 Å². The van der Waals surface area contributed by atoms with Crippen molar-refractivity contribution in [2.45, 2.75) is 45.6 Å². The molecule has 2 nitrogen and oxygen atoms in total. The Kier molecular flexibility index (Phi) is 7.76. The number of allylic oxidation sites excluding steroid dienone is 1. The molecule has 0 saturated heterocycles. The van der Waals surface area contributed by atoms with Gasteiger partial charge in [0.05, 0.1) is 0 Å². The second kappa shape index (κ2) is 8.31. The van der Waals surface area contributed by atoms with E-state index in [9.17, 15) is 4.79 Å². The molecule has 0 aliphatic carbocycles. The van der Waals surface area contributed by atoms with Crippen molar-refractivity contribution < 1.29 is 9.53 Å². The Bertz CT molecular complexity index is 130. The number of unbranched alkanes of at least 4 members (excludes halogenated alkanes) is 1. The van der Waals surface area contributed by atoms with Gasteiger partial charge >= 0.3 is 0 Å². The molecule has 0 aromatic carbocycles. The van der Waals surface area contributed by atoms with Crippen LogP contribution in [0.3, 0.4) is 0 Å². The molecule has 0 fully saturated rings. The average molecular weight is 170 g/mol. The summed E-state index contributed by atoms with van der Waals surface area (Å²) in [5.41, 5.74) is 0. The van der Waals surface area contributed by atoms with Gasteiger partial charge in [-0.2, -0.15) is 0 Å². The number of rotatable bonds is 7. The van der Waals surface area contributed by atoms with Crippen LogP contribution < -0.4 is 0 Å². The topological polar surface area (TPSA) is 26.3 Å². The van der Waals surface area contributed by atoms with Gasteiger partial charge in [0.25, 0.3) is 6.47 Å². The zero-order valence-corrected chi connectivity index (χ0v) is 7.95. The lowest BCUT2D eigenvalue weighted by molar-refractivity contribution is -0.133. The highest BCUT2D eigenvalue weighted by molar-refractivity contribution is 5.37. The summed E-state index contributed by atoms with van der Waals surface area (Å²) in [7, 11) is 0. The molecule has 0 rings (SSSR count). The van der Waals surface area contributed by atoms with Gasteiger partial charge in [0, 0.05) is 6.42 Å². The third kappa shape index (κ3) is 5.96. The first-order chi connectivity index (χ1) is 5.85. The molecule has 0 saturated carbocycles. The van der Waals surface area contributed by atoms with Crippen molar-refractivity contribution in [1.29, 1.82) is 0 Å². The summed E-state index contributed by atoms with van der Waals surface area (Å²) >= 11 is 0. The largest absolute Gasteiger partial charge is 0.464 e. The van der Waals surface area contributed by atoms with Gasteiger partial charge in [-0.25, -0.2) is 0 Å². The molecule has 1 unspecified atom stereocenters. The van der Waals surface area contributed by atoms with Crippen molar-refractivity contribution in [2.24, 2.45) is 0 Å². The van der Waals surface area contributed by atoms with Crippen LogP contribution in [0.5, 0.6) is 0 Å². The van der Waals surface area contributed by atoms with Crippen molar-refractivity contribution >= 4 is 6.47 Å². The molecule has 70 valence electrons. The molecule has 0 amide bonds. The van der Waals surface area contributed by atoms with E-state index in [1.165, 1.54) is 0 Å². The second-order valence-electron chi connectivity index (χ2n) is 2.80. The standard InChI is InChI=1S/C10H18O2/c1-3-5-7-10(12-9-11)8-6-4-2/h3,5,9-10H,4,6-8H2,1-2H3/b5-3+. The molecule has 0 radical (unpaired) electrons. The molecule has 0 bridgehead atoms. The fourth-order valence-corrected chi connectivity index (χ4v) is 1.04. The van der Waals surface area contributed by atoms with Crippen molar-refractivity contribution in [3.8, 4) is 0 Å². The molecule has 0 spiro atoms. The summed E-state index contributed by atoms with van der Waals surface area (Å²) in [5.74, 6) is 0. The lowest BCUT2D eigenvalue weighted by Crippen LogP contribution is -2.10. The molecule has 0 aromatic rings. The van der Waals surface area contributed by atoms with E-state index in [2.05, 4.69) is 6.92 Å². The van der Waals surface area contributed by atoms with Gasteiger partial charge in [0.1, 0.15) is 6.10 Å². The van der Waals surface area contributed by atoms with Gasteiger partial charge in [-0.1, -0.05) is 31.9 Å². The van der Waals surface area contributed by atoms with Gasteiger partial charge in [0.2, 0.25) is 0 Å². The first kappa shape index (κ1) is 11.2. The van der Waals surface area contributed by atoms with Crippen molar-refractivity contribution in [1.82, 2.24) is 0 Å². The predicted molar refractivity (Wildman–Crippen MR) is 49.9 cm³/mol. The maximum atomic E-state index is 10.1. The fourth-order valence-electron chi connectivity index (χ4n) is 1.04. The monoisotopic (exact) mass is 170 g/mol. The highest BCUT2D eigenvalue weighted by Crippen LogP contribution is 2.08. The maximum absolute atomic E-state index is 10.1. The molecule has 0 heterocycles. The molecule has 2 heteroatoms. The van der Waals surface area contributed by atoms with E-state index in [0.29, 0.717) is 6.47 Å². The van der Waals surface area contributed by atoms with Crippen molar-refractivity contribution in [3.63, 3.8) is 0 Å². The normalized spacial score (nSPS) is 13.2. The third-order valence-corrected chi connectivity index (χ3v) is 1.76. The summed E-state index contributed by atoms with van der Waals surface area (Å²) < 4.78 is 4.91. The number of carbonyl (C=O) groups is 1. The molecule has 0 aliphatic rings. The molecular weight excluding hydrogens is 152 g/mol. The first-order valence-corrected chi connectivity index (χ1v) is 4.55. The smallest absolute Gasteiger partial charge is 0.293 e. The van der Waals surface area contributed by atoms with Crippen molar-refractivity contribution in [3.05, 3.63) is 12.2 Å². The van der Waals surface area contributed by atoms with Gasteiger partial charge in [-0.3, -0.25) is 4.79 Å². The summed E-state index contributed by atoms with van der Waals surface area (Å²) in [6.07, 6.45) is 8.18. The molecule has 0 N–H and O–H groups in total. The summed E-state index contributed by atoms with van der Waals surface area (Å²) in [6, 6.07) is 0. The Hall–Kier alpha value is -0.790. The third-order valence-electron chi connectivity index (χ3n) is 1.76. The van der Waals surface area contributed by atoms with Gasteiger partial charge in [-0.05, 0) is 13.3 Å². The van der Waals surface area contributed by atoms with E-state index in [0.717, 1.165) is 25.7 Å². The summed E-state index contributed by atoms with van der Waals surface area (Å²) in [5, 5.41) is 0. The first-order valence-electron chi connectivity index (χ1n) is 4.55. The Morgan fingerprint density at radius 3 is 2.75 bits per heavy atom. The minimum atomic E-state index is 0.0821. The predicted octanol–water partition coefficient (Wildman–Crippen LogP) is 2.68. The molecule has 0 aromatic heterocycles. The van der Waals surface area contributed by atoms with Crippen LogP contribution in [0.4, 0.5) is 0 Å². The Morgan fingerprint density at radius 2 is 2.25 bits per heavy atom. The van der Waals surface area contributed by atoms with E-state index in [1.807, 2.05) is 19.1 Å². The summed E-state index contributed by atoms with van der Waals surface area (Å²) in [6.45, 7) is 4.65. The molecule has 1 atom stereocenters. The fraction of sp³-hybridized carbons (Fsp3) is 0.700. The van der Waals surface area contributed by atoms with E-state index < -0.39 is 0 Å². The van der Waals surface area contributed by atoms with Gasteiger partial charge < -0.3 is 4.74 Å². The zero-order chi connectivity index (χ0) is 9.23. The Morgan fingerprint density at radius 1 is 1.50 bits per heavy atom. The Balaban J connectivity index is 3.60. The second-order valence-corrected chi connectivity index (χ2v) is 2.80. The molecule has 12 heavy (non-hydrogen) atoms. The quantitative estimate of drug-likeness (QED) is 0.433. The summed E-state index contributed by atoms with van der Waals surface area (Å²) in [4.78, 5) is 10.1. The van der Waals surface area contributed by atoms with E-state index in [4.69, 9.17) is 4.74 Å². The van der Waals surface area contributed by atoms with Crippen LogP contribution in [-0.4, -0.2) is 12.6 Å². The number of carbonyl (C=O) groups excluding carboxylic acids is 1. The van der Waals surface area contributed by atoms with Gasteiger partial charge in [-0.15, -0.1) is 0 Å². The van der Waals surface area contributed by atoms with Crippen LogP contribution in [0, 0.1) is 0 Å². The Labute approximate surface area is 74.6 Å². The maximum Gasteiger partial charge on any atom is 0.293 e. The number of hydrogen-bond acceptors (Lipinski definition) is 2. The van der Waals surface area contributed by atoms with E-state index in [1.54, 1.807) is 0 Å². The molecular formula is C10H18O2. The number of hydrogen-bond donors (Lipinski definition) is 0. The highest BCUT2D eigenvalue weighted by Gasteiger charge is 2.05. The van der Waals surface area contributed by atoms with Crippen LogP contribution in [0.1, 0.15) is 39.5 Å².